The number of allylic oxidation sites excluding steroid dienone is 3. The summed E-state index contributed by atoms with van der Waals surface area (Å²) in [7, 11) is 1.26. The van der Waals surface area contributed by atoms with Crippen LogP contribution in [-0.2, 0) is 23.9 Å². The zero-order valence-corrected chi connectivity index (χ0v) is 19.4. The molecule has 3 atom stereocenters. The van der Waals surface area contributed by atoms with E-state index in [0.717, 1.165) is 0 Å². The average Bonchev–Trinajstić information content (AvgIpc) is 2.72. The molecule has 1 aliphatic carbocycles. The van der Waals surface area contributed by atoms with Crippen LogP contribution < -0.4 is 5.32 Å². The first-order chi connectivity index (χ1) is 14.7. The minimum absolute atomic E-state index is 0.248. The molecular weight excluding hydrogens is 441 g/mol. The topological polar surface area (TPSA) is 81.7 Å². The van der Waals surface area contributed by atoms with E-state index in [1.807, 2.05) is 13.8 Å². The number of halogens is 2. The van der Waals surface area contributed by atoms with E-state index in [2.05, 4.69) is 5.32 Å². The van der Waals surface area contributed by atoms with Crippen LogP contribution in [0.5, 0.6) is 0 Å². The number of dihydropyridines is 1. The highest BCUT2D eigenvalue weighted by molar-refractivity contribution is 6.42. The second-order valence-electron chi connectivity index (χ2n) is 7.84. The summed E-state index contributed by atoms with van der Waals surface area (Å²) in [5, 5.41) is 3.88. The lowest BCUT2D eigenvalue weighted by molar-refractivity contribution is -0.151. The highest BCUT2D eigenvalue weighted by Crippen LogP contribution is 2.46. The van der Waals surface area contributed by atoms with E-state index in [4.69, 9.17) is 32.7 Å². The number of nitrogens with one attached hydrogen (secondary N) is 1. The van der Waals surface area contributed by atoms with Crippen molar-refractivity contribution < 1.29 is 23.9 Å². The second kappa shape index (κ2) is 9.45. The Morgan fingerprint density at radius 1 is 1.23 bits per heavy atom. The highest BCUT2D eigenvalue weighted by atomic mass is 35.5. The van der Waals surface area contributed by atoms with E-state index in [0.29, 0.717) is 51.0 Å². The molecule has 1 aromatic carbocycles. The Morgan fingerprint density at radius 3 is 2.55 bits per heavy atom. The SMILES string of the molecule is CCCOC(=O)C1=C(C)NC2=C(C(=O)[C@@H](C(=O)OC)[C@H](C)C2)[C@@H]1c1ccc(Cl)c(Cl)c1. The van der Waals surface area contributed by atoms with Crippen molar-refractivity contribution in [1.82, 2.24) is 5.32 Å². The van der Waals surface area contributed by atoms with E-state index in [-0.39, 0.29) is 18.3 Å². The van der Waals surface area contributed by atoms with Crippen LogP contribution in [-0.4, -0.2) is 31.4 Å². The van der Waals surface area contributed by atoms with Gasteiger partial charge in [-0.25, -0.2) is 4.79 Å². The van der Waals surface area contributed by atoms with Crippen LogP contribution in [0.25, 0.3) is 0 Å². The number of Topliss-reactive ketones (excluding diaryl/α,β-unsaturated/α-hetero) is 1. The largest absolute Gasteiger partial charge is 0.468 e. The van der Waals surface area contributed by atoms with Crippen molar-refractivity contribution in [2.24, 2.45) is 11.8 Å². The smallest absolute Gasteiger partial charge is 0.336 e. The molecule has 2 aliphatic rings. The van der Waals surface area contributed by atoms with E-state index in [1.165, 1.54) is 7.11 Å². The molecule has 0 fully saturated rings. The van der Waals surface area contributed by atoms with E-state index in [9.17, 15) is 14.4 Å². The summed E-state index contributed by atoms with van der Waals surface area (Å²) in [6, 6.07) is 5.00. The molecule has 0 saturated carbocycles. The fourth-order valence-corrected chi connectivity index (χ4v) is 4.56. The molecule has 31 heavy (non-hydrogen) atoms. The molecule has 0 spiro atoms. The molecule has 3 rings (SSSR count). The maximum atomic E-state index is 13.6. The summed E-state index contributed by atoms with van der Waals surface area (Å²) < 4.78 is 10.3. The average molecular weight is 466 g/mol. The van der Waals surface area contributed by atoms with Crippen LogP contribution in [0.4, 0.5) is 0 Å². The standard InChI is InChI=1S/C23H25Cl2NO5/c1-5-8-31-23(29)18-12(3)26-16-9-11(2)17(22(28)30-4)21(27)20(16)19(18)13-6-7-14(24)15(25)10-13/h6-7,10-11,17,19,26H,5,8-9H2,1-4H3/t11-,17+,19-/m1/s1. The number of esters is 2. The van der Waals surface area contributed by atoms with Gasteiger partial charge in [0.1, 0.15) is 5.92 Å². The summed E-state index contributed by atoms with van der Waals surface area (Å²) in [5.74, 6) is -3.39. The number of hydrogen-bond donors (Lipinski definition) is 1. The Bertz CT molecular complexity index is 998. The van der Waals surface area contributed by atoms with Crippen LogP contribution in [0.2, 0.25) is 10.0 Å². The number of carbonyl (C=O) groups excluding carboxylic acids is 3. The second-order valence-corrected chi connectivity index (χ2v) is 8.66. The first kappa shape index (κ1) is 23.4. The van der Waals surface area contributed by atoms with Gasteiger partial charge >= 0.3 is 11.9 Å². The molecule has 0 bridgehead atoms. The molecule has 1 aromatic rings. The van der Waals surface area contributed by atoms with Crippen LogP contribution in [0, 0.1) is 11.8 Å². The summed E-state index contributed by atoms with van der Waals surface area (Å²) in [4.78, 5) is 39.0. The first-order valence-corrected chi connectivity index (χ1v) is 10.9. The third-order valence-electron chi connectivity index (χ3n) is 5.68. The molecule has 166 valence electrons. The molecular formula is C23H25Cl2NO5. The molecule has 0 unspecified atom stereocenters. The lowest BCUT2D eigenvalue weighted by atomic mass is 9.69. The van der Waals surface area contributed by atoms with Crippen molar-refractivity contribution in [3.63, 3.8) is 0 Å². The highest BCUT2D eigenvalue weighted by Gasteiger charge is 2.47. The lowest BCUT2D eigenvalue weighted by Crippen LogP contribution is -2.43. The zero-order valence-electron chi connectivity index (χ0n) is 17.9. The molecule has 0 radical (unpaired) electrons. The quantitative estimate of drug-likeness (QED) is 0.506. The number of hydrogen-bond acceptors (Lipinski definition) is 6. The van der Waals surface area contributed by atoms with E-state index < -0.39 is 23.8 Å². The Labute approximate surface area is 191 Å². The van der Waals surface area contributed by atoms with Gasteiger partial charge in [0, 0.05) is 22.9 Å². The maximum absolute atomic E-state index is 13.6. The minimum Gasteiger partial charge on any atom is -0.468 e. The number of carbonyl (C=O) groups is 3. The molecule has 1 heterocycles. The van der Waals surface area contributed by atoms with Gasteiger partial charge in [0.25, 0.3) is 0 Å². The van der Waals surface area contributed by atoms with Gasteiger partial charge in [0.05, 0.1) is 29.3 Å². The van der Waals surface area contributed by atoms with E-state index >= 15 is 0 Å². The van der Waals surface area contributed by atoms with Crippen molar-refractivity contribution in [3.8, 4) is 0 Å². The molecule has 6 nitrogen and oxygen atoms in total. The Balaban J connectivity index is 2.18. The third kappa shape index (κ3) is 4.37. The van der Waals surface area contributed by atoms with Gasteiger partial charge in [-0.1, -0.05) is 43.1 Å². The van der Waals surface area contributed by atoms with E-state index in [1.54, 1.807) is 25.1 Å². The first-order valence-electron chi connectivity index (χ1n) is 10.2. The molecule has 0 aromatic heterocycles. The van der Waals surface area contributed by atoms with Gasteiger partial charge in [-0.2, -0.15) is 0 Å². The minimum atomic E-state index is -0.942. The normalized spacial score (nSPS) is 23.3. The zero-order chi connectivity index (χ0) is 22.9. The predicted octanol–water partition coefficient (Wildman–Crippen LogP) is 4.56. The number of ketones is 1. The number of ether oxygens (including phenoxy) is 2. The molecule has 0 saturated heterocycles. The van der Waals surface area contributed by atoms with Gasteiger partial charge in [0.2, 0.25) is 0 Å². The van der Waals surface area contributed by atoms with Crippen LogP contribution in [0.15, 0.2) is 40.7 Å². The van der Waals surface area contributed by atoms with Crippen LogP contribution in [0.3, 0.4) is 0 Å². The van der Waals surface area contributed by atoms with Crippen molar-refractivity contribution in [2.45, 2.75) is 39.5 Å². The summed E-state index contributed by atoms with van der Waals surface area (Å²) in [5.41, 5.74) is 2.60. The summed E-state index contributed by atoms with van der Waals surface area (Å²) in [6.45, 7) is 5.77. The monoisotopic (exact) mass is 465 g/mol. The third-order valence-corrected chi connectivity index (χ3v) is 6.42. The molecule has 1 N–H and O–H groups in total. The van der Waals surface area contributed by atoms with Crippen LogP contribution >= 0.6 is 23.2 Å². The number of rotatable bonds is 5. The van der Waals surface area contributed by atoms with Gasteiger partial charge in [-0.05, 0) is 43.4 Å². The fraction of sp³-hybridized carbons (Fsp3) is 0.435. The predicted molar refractivity (Wildman–Crippen MR) is 118 cm³/mol. The maximum Gasteiger partial charge on any atom is 0.336 e. The fourth-order valence-electron chi connectivity index (χ4n) is 4.25. The van der Waals surface area contributed by atoms with Crippen molar-refractivity contribution in [1.29, 1.82) is 0 Å². The molecule has 1 aliphatic heterocycles. The van der Waals surface area contributed by atoms with Gasteiger partial charge < -0.3 is 14.8 Å². The lowest BCUT2D eigenvalue weighted by Gasteiger charge is -2.38. The summed E-state index contributed by atoms with van der Waals surface area (Å²) >= 11 is 12.4. The Morgan fingerprint density at radius 2 is 1.94 bits per heavy atom. The molecule has 8 heteroatoms. The number of benzene rings is 1. The van der Waals surface area contributed by atoms with Gasteiger partial charge in [0.15, 0.2) is 5.78 Å². The summed E-state index contributed by atoms with van der Waals surface area (Å²) in [6.07, 6.45) is 1.13. The molecule has 0 amide bonds. The van der Waals surface area contributed by atoms with Crippen molar-refractivity contribution in [3.05, 3.63) is 56.3 Å². The van der Waals surface area contributed by atoms with Crippen LogP contribution in [0.1, 0.15) is 45.1 Å². The van der Waals surface area contributed by atoms with Crippen molar-refractivity contribution >= 4 is 40.9 Å². The van der Waals surface area contributed by atoms with Gasteiger partial charge in [-0.15, -0.1) is 0 Å². The Hall–Kier alpha value is -2.31. The van der Waals surface area contributed by atoms with Crippen molar-refractivity contribution in [2.75, 3.05) is 13.7 Å². The van der Waals surface area contributed by atoms with Gasteiger partial charge in [-0.3, -0.25) is 9.59 Å². The Kier molecular flexibility index (Phi) is 7.12. The number of methoxy groups -OCH3 is 1.